The number of piperidine rings is 1. The van der Waals surface area contributed by atoms with Crippen LogP contribution in [0, 0.1) is 5.92 Å². The van der Waals surface area contributed by atoms with Gasteiger partial charge in [-0.3, -0.25) is 4.79 Å². The van der Waals surface area contributed by atoms with Crippen LogP contribution in [0.15, 0.2) is 40.8 Å². The summed E-state index contributed by atoms with van der Waals surface area (Å²) in [4.78, 5) is 17.4. The van der Waals surface area contributed by atoms with E-state index in [4.69, 9.17) is 4.42 Å². The van der Waals surface area contributed by atoms with Crippen LogP contribution in [0.3, 0.4) is 0 Å². The highest BCUT2D eigenvalue weighted by Gasteiger charge is 2.33. The van der Waals surface area contributed by atoms with Gasteiger partial charge in [0.2, 0.25) is 5.91 Å². The van der Waals surface area contributed by atoms with Gasteiger partial charge < -0.3 is 14.2 Å². The summed E-state index contributed by atoms with van der Waals surface area (Å²) in [6.45, 7) is 4.69. The molecule has 4 rings (SSSR count). The first-order valence-electron chi connectivity index (χ1n) is 9.28. The Morgan fingerprint density at radius 3 is 2.76 bits per heavy atom. The molecule has 0 saturated carbocycles. The van der Waals surface area contributed by atoms with Crippen molar-refractivity contribution in [3.05, 3.63) is 47.7 Å². The Bertz CT molecular complexity index is 753. The average molecular weight is 338 g/mol. The van der Waals surface area contributed by atoms with E-state index in [9.17, 15) is 4.79 Å². The van der Waals surface area contributed by atoms with Crippen molar-refractivity contribution in [3.8, 4) is 11.3 Å². The first-order chi connectivity index (χ1) is 12.1. The Balaban J connectivity index is 1.48. The van der Waals surface area contributed by atoms with E-state index < -0.39 is 0 Å². The van der Waals surface area contributed by atoms with Gasteiger partial charge in [-0.2, -0.15) is 0 Å². The predicted octanol–water partition coefficient (Wildman–Crippen LogP) is 3.56. The summed E-state index contributed by atoms with van der Waals surface area (Å²) < 4.78 is 6.05. The molecule has 3 heterocycles. The van der Waals surface area contributed by atoms with E-state index in [1.807, 2.05) is 23.1 Å². The van der Waals surface area contributed by atoms with Crippen molar-refractivity contribution in [2.75, 3.05) is 20.1 Å². The summed E-state index contributed by atoms with van der Waals surface area (Å²) in [5.74, 6) is 2.45. The largest absolute Gasteiger partial charge is 0.461 e. The van der Waals surface area contributed by atoms with E-state index in [1.54, 1.807) is 0 Å². The van der Waals surface area contributed by atoms with Crippen molar-refractivity contribution in [2.24, 2.45) is 5.92 Å². The SMILES string of the molecule is C[C@@H]1C[C@H](C(=O)N2CCc3oc(-c4ccccc4)cc3C2)CCN1C. The van der Waals surface area contributed by atoms with Crippen LogP contribution >= 0.6 is 0 Å². The number of benzene rings is 1. The molecule has 2 aliphatic rings. The van der Waals surface area contributed by atoms with Gasteiger partial charge in [-0.05, 0) is 39.4 Å². The Kier molecular flexibility index (Phi) is 4.38. The van der Waals surface area contributed by atoms with Gasteiger partial charge in [0.25, 0.3) is 0 Å². The second-order valence-electron chi connectivity index (χ2n) is 7.49. The second-order valence-corrected chi connectivity index (χ2v) is 7.49. The van der Waals surface area contributed by atoms with Gasteiger partial charge in [0.15, 0.2) is 0 Å². The number of rotatable bonds is 2. The molecule has 1 amide bonds. The first-order valence-corrected chi connectivity index (χ1v) is 9.28. The number of fused-ring (bicyclic) bond motifs is 1. The van der Waals surface area contributed by atoms with E-state index >= 15 is 0 Å². The Hall–Kier alpha value is -2.07. The molecule has 132 valence electrons. The number of amides is 1. The van der Waals surface area contributed by atoms with Crippen LogP contribution < -0.4 is 0 Å². The molecule has 4 nitrogen and oxygen atoms in total. The van der Waals surface area contributed by atoms with Crippen LogP contribution in [0.4, 0.5) is 0 Å². The van der Waals surface area contributed by atoms with E-state index in [2.05, 4.69) is 37.1 Å². The number of hydrogen-bond donors (Lipinski definition) is 0. The standard InChI is InChI=1S/C21H26N2O2/c1-15-12-17(8-10-22(15)2)21(24)23-11-9-19-18(14-23)13-20(25-19)16-6-4-3-5-7-16/h3-7,13,15,17H,8-12,14H2,1-2H3/t15-,17-/m1/s1. The van der Waals surface area contributed by atoms with Gasteiger partial charge in [-0.1, -0.05) is 30.3 Å². The quantitative estimate of drug-likeness (QED) is 0.840. The molecule has 4 heteroatoms. The van der Waals surface area contributed by atoms with E-state index in [1.165, 1.54) is 5.56 Å². The van der Waals surface area contributed by atoms with Gasteiger partial charge in [-0.25, -0.2) is 0 Å². The zero-order chi connectivity index (χ0) is 17.4. The molecule has 0 bridgehead atoms. The van der Waals surface area contributed by atoms with Crippen LogP contribution in [0.5, 0.6) is 0 Å². The smallest absolute Gasteiger partial charge is 0.226 e. The molecule has 0 spiro atoms. The lowest BCUT2D eigenvalue weighted by Crippen LogP contribution is -2.46. The maximum Gasteiger partial charge on any atom is 0.226 e. The van der Waals surface area contributed by atoms with E-state index in [0.717, 1.165) is 49.4 Å². The molecule has 25 heavy (non-hydrogen) atoms. The lowest BCUT2D eigenvalue weighted by Gasteiger charge is -2.37. The zero-order valence-corrected chi connectivity index (χ0v) is 15.1. The summed E-state index contributed by atoms with van der Waals surface area (Å²) in [5, 5.41) is 0. The van der Waals surface area contributed by atoms with Crippen molar-refractivity contribution in [1.29, 1.82) is 0 Å². The van der Waals surface area contributed by atoms with Crippen LogP contribution in [0.1, 0.15) is 31.1 Å². The van der Waals surface area contributed by atoms with Gasteiger partial charge in [-0.15, -0.1) is 0 Å². The number of furan rings is 1. The molecule has 1 fully saturated rings. The minimum atomic E-state index is 0.174. The summed E-state index contributed by atoms with van der Waals surface area (Å²) in [6.07, 6.45) is 2.76. The van der Waals surface area contributed by atoms with Gasteiger partial charge in [0.1, 0.15) is 11.5 Å². The Morgan fingerprint density at radius 2 is 2.00 bits per heavy atom. The normalized spacial score (nSPS) is 24.2. The lowest BCUT2D eigenvalue weighted by atomic mass is 9.90. The van der Waals surface area contributed by atoms with E-state index in [-0.39, 0.29) is 5.92 Å². The van der Waals surface area contributed by atoms with Gasteiger partial charge in [0, 0.05) is 42.6 Å². The number of carbonyl (C=O) groups excluding carboxylic acids is 1. The van der Waals surface area contributed by atoms with Crippen molar-refractivity contribution in [3.63, 3.8) is 0 Å². The minimum Gasteiger partial charge on any atom is -0.461 e. The third-order valence-electron chi connectivity index (χ3n) is 5.79. The van der Waals surface area contributed by atoms with Crippen LogP contribution in [-0.4, -0.2) is 41.9 Å². The predicted molar refractivity (Wildman–Crippen MR) is 98.1 cm³/mol. The van der Waals surface area contributed by atoms with Crippen molar-refractivity contribution >= 4 is 5.91 Å². The fourth-order valence-corrected chi connectivity index (χ4v) is 4.04. The zero-order valence-electron chi connectivity index (χ0n) is 15.1. The molecule has 1 saturated heterocycles. The maximum absolute atomic E-state index is 13.0. The molecular formula is C21H26N2O2. The minimum absolute atomic E-state index is 0.174. The fourth-order valence-electron chi connectivity index (χ4n) is 4.04. The molecular weight excluding hydrogens is 312 g/mol. The summed E-state index contributed by atoms with van der Waals surface area (Å²) in [7, 11) is 2.15. The van der Waals surface area contributed by atoms with Crippen molar-refractivity contribution in [2.45, 2.75) is 38.8 Å². The van der Waals surface area contributed by atoms with Crippen molar-refractivity contribution < 1.29 is 9.21 Å². The number of hydrogen-bond acceptors (Lipinski definition) is 3. The first kappa shape index (κ1) is 16.4. The Labute approximate surface area is 149 Å². The molecule has 0 radical (unpaired) electrons. The number of nitrogens with zero attached hydrogens (tertiary/aromatic N) is 2. The maximum atomic E-state index is 13.0. The highest BCUT2D eigenvalue weighted by molar-refractivity contribution is 5.79. The number of carbonyl (C=O) groups is 1. The van der Waals surface area contributed by atoms with Crippen molar-refractivity contribution in [1.82, 2.24) is 9.80 Å². The van der Waals surface area contributed by atoms with Gasteiger partial charge >= 0.3 is 0 Å². The number of likely N-dealkylation sites (tertiary alicyclic amines) is 1. The highest BCUT2D eigenvalue weighted by Crippen LogP contribution is 2.31. The van der Waals surface area contributed by atoms with Crippen LogP contribution in [0.25, 0.3) is 11.3 Å². The third-order valence-corrected chi connectivity index (χ3v) is 5.79. The fraction of sp³-hybridized carbons (Fsp3) is 0.476. The molecule has 2 aliphatic heterocycles. The molecule has 2 atom stereocenters. The molecule has 0 unspecified atom stereocenters. The summed E-state index contributed by atoms with van der Waals surface area (Å²) in [6, 6.07) is 12.8. The van der Waals surface area contributed by atoms with Crippen LogP contribution in [-0.2, 0) is 17.8 Å². The summed E-state index contributed by atoms with van der Waals surface area (Å²) >= 11 is 0. The highest BCUT2D eigenvalue weighted by atomic mass is 16.3. The van der Waals surface area contributed by atoms with Crippen LogP contribution in [0.2, 0.25) is 0 Å². The third kappa shape index (κ3) is 3.23. The molecule has 0 aliphatic carbocycles. The average Bonchev–Trinajstić information content (AvgIpc) is 3.07. The lowest BCUT2D eigenvalue weighted by molar-refractivity contribution is -0.138. The van der Waals surface area contributed by atoms with Gasteiger partial charge in [0.05, 0.1) is 0 Å². The molecule has 0 N–H and O–H groups in total. The monoisotopic (exact) mass is 338 g/mol. The molecule has 1 aromatic heterocycles. The summed E-state index contributed by atoms with van der Waals surface area (Å²) in [5.41, 5.74) is 2.26. The second kappa shape index (κ2) is 6.68. The topological polar surface area (TPSA) is 36.7 Å². The Morgan fingerprint density at radius 1 is 1.20 bits per heavy atom. The van der Waals surface area contributed by atoms with E-state index in [0.29, 0.717) is 18.5 Å². The molecule has 1 aromatic carbocycles. The molecule has 2 aromatic rings.